The fraction of sp³-hybridized carbons (Fsp3) is 0.357. The molecular formula is C14H16N2O3. The molecule has 0 saturated heterocycles. The number of ether oxygens (including phenoxy) is 1. The number of aromatic nitrogens is 2. The molecule has 5 heteroatoms. The molecular weight excluding hydrogens is 244 g/mol. The van der Waals surface area contributed by atoms with Crippen LogP contribution in [0, 0.1) is 0 Å². The Labute approximate surface area is 111 Å². The predicted molar refractivity (Wildman–Crippen MR) is 69.7 cm³/mol. The molecule has 19 heavy (non-hydrogen) atoms. The zero-order chi connectivity index (χ0) is 13.7. The molecule has 0 aliphatic rings. The molecule has 0 aliphatic heterocycles. The first-order valence-corrected chi connectivity index (χ1v) is 6.31. The first kappa shape index (κ1) is 13.3. The number of esters is 1. The maximum Gasteiger partial charge on any atom is 0.339 e. The summed E-state index contributed by atoms with van der Waals surface area (Å²) in [4.78, 5) is 20.0. The summed E-state index contributed by atoms with van der Waals surface area (Å²) in [7, 11) is 0. The summed E-state index contributed by atoms with van der Waals surface area (Å²) in [6.45, 7) is 4.18. The van der Waals surface area contributed by atoms with Gasteiger partial charge in [0.15, 0.2) is 0 Å². The maximum absolute atomic E-state index is 11.6. The van der Waals surface area contributed by atoms with Crippen LogP contribution < -0.4 is 0 Å². The van der Waals surface area contributed by atoms with Gasteiger partial charge in [-0.3, -0.25) is 4.98 Å². The molecule has 0 N–H and O–H groups in total. The first-order valence-electron chi connectivity index (χ1n) is 6.31. The lowest BCUT2D eigenvalue weighted by Crippen LogP contribution is -2.05. The molecule has 0 saturated carbocycles. The minimum Gasteiger partial charge on any atom is -0.462 e. The molecule has 5 nitrogen and oxygen atoms in total. The average molecular weight is 260 g/mol. The Morgan fingerprint density at radius 2 is 2.21 bits per heavy atom. The van der Waals surface area contributed by atoms with Gasteiger partial charge in [-0.05, 0) is 19.4 Å². The fourth-order valence-corrected chi connectivity index (χ4v) is 1.69. The summed E-state index contributed by atoms with van der Waals surface area (Å²) in [5.41, 5.74) is 1.97. The maximum atomic E-state index is 11.6. The van der Waals surface area contributed by atoms with Crippen molar-refractivity contribution in [3.05, 3.63) is 36.0 Å². The summed E-state index contributed by atoms with van der Waals surface area (Å²) >= 11 is 0. The fourth-order valence-electron chi connectivity index (χ4n) is 1.69. The summed E-state index contributed by atoms with van der Waals surface area (Å²) in [6.07, 6.45) is 6.60. The standard InChI is InChI=1S/C14H16N2O3/c1-3-5-12-9-19-13(16-12)10-6-11(8-15-7-10)14(17)18-4-2/h6-9H,3-5H2,1-2H3. The van der Waals surface area contributed by atoms with Crippen molar-refractivity contribution in [2.75, 3.05) is 6.61 Å². The molecule has 2 rings (SSSR count). The van der Waals surface area contributed by atoms with Crippen LogP contribution in [0.1, 0.15) is 36.3 Å². The summed E-state index contributed by atoms with van der Waals surface area (Å²) in [5.74, 6) is 0.0827. The van der Waals surface area contributed by atoms with Gasteiger partial charge in [-0.15, -0.1) is 0 Å². The number of carbonyl (C=O) groups excluding carboxylic acids is 1. The van der Waals surface area contributed by atoms with E-state index in [0.29, 0.717) is 23.6 Å². The topological polar surface area (TPSA) is 65.2 Å². The lowest BCUT2D eigenvalue weighted by Gasteiger charge is -2.02. The van der Waals surface area contributed by atoms with Crippen LogP contribution in [0.15, 0.2) is 29.1 Å². The molecule has 0 amide bonds. The van der Waals surface area contributed by atoms with Crippen LogP contribution in [0.25, 0.3) is 11.5 Å². The molecule has 0 atom stereocenters. The van der Waals surface area contributed by atoms with Gasteiger partial charge in [0.1, 0.15) is 6.26 Å². The van der Waals surface area contributed by atoms with E-state index in [4.69, 9.17) is 9.15 Å². The van der Waals surface area contributed by atoms with Crippen LogP contribution in [-0.4, -0.2) is 22.5 Å². The van der Waals surface area contributed by atoms with Gasteiger partial charge >= 0.3 is 5.97 Å². The molecule has 2 heterocycles. The molecule has 0 bridgehead atoms. The molecule has 0 aliphatic carbocycles. The van der Waals surface area contributed by atoms with Crippen LogP contribution in [0.2, 0.25) is 0 Å². The third-order valence-corrected chi connectivity index (χ3v) is 2.55. The minimum absolute atomic E-state index is 0.336. The van der Waals surface area contributed by atoms with E-state index in [-0.39, 0.29) is 0 Å². The van der Waals surface area contributed by atoms with E-state index in [9.17, 15) is 4.79 Å². The van der Waals surface area contributed by atoms with Crippen molar-refractivity contribution in [1.29, 1.82) is 0 Å². The number of rotatable bonds is 5. The Hall–Kier alpha value is -2.17. The van der Waals surface area contributed by atoms with Gasteiger partial charge in [-0.2, -0.15) is 0 Å². The Balaban J connectivity index is 2.24. The average Bonchev–Trinajstić information content (AvgIpc) is 2.88. The highest BCUT2D eigenvalue weighted by atomic mass is 16.5. The number of hydrogen-bond donors (Lipinski definition) is 0. The number of nitrogens with zero attached hydrogens (tertiary/aromatic N) is 2. The number of oxazole rings is 1. The Morgan fingerprint density at radius 3 is 2.95 bits per heavy atom. The molecule has 0 fully saturated rings. The van der Waals surface area contributed by atoms with Crippen LogP contribution in [-0.2, 0) is 11.2 Å². The zero-order valence-corrected chi connectivity index (χ0v) is 11.0. The van der Waals surface area contributed by atoms with E-state index in [0.717, 1.165) is 18.5 Å². The van der Waals surface area contributed by atoms with Crippen molar-refractivity contribution in [2.45, 2.75) is 26.7 Å². The van der Waals surface area contributed by atoms with Crippen LogP contribution in [0.4, 0.5) is 0 Å². The minimum atomic E-state index is -0.391. The van der Waals surface area contributed by atoms with Crippen molar-refractivity contribution in [2.24, 2.45) is 0 Å². The van der Waals surface area contributed by atoms with Crippen LogP contribution in [0.5, 0.6) is 0 Å². The second kappa shape index (κ2) is 6.13. The van der Waals surface area contributed by atoms with Gasteiger partial charge in [0.2, 0.25) is 5.89 Å². The third kappa shape index (κ3) is 3.19. The van der Waals surface area contributed by atoms with Crippen LogP contribution >= 0.6 is 0 Å². The van der Waals surface area contributed by atoms with E-state index >= 15 is 0 Å². The summed E-state index contributed by atoms with van der Waals surface area (Å²) < 4.78 is 10.3. The highest BCUT2D eigenvalue weighted by Gasteiger charge is 2.11. The van der Waals surface area contributed by atoms with E-state index in [1.54, 1.807) is 25.5 Å². The Kier molecular flexibility index (Phi) is 4.28. The molecule has 2 aromatic heterocycles. The quantitative estimate of drug-likeness (QED) is 0.773. The smallest absolute Gasteiger partial charge is 0.339 e. The van der Waals surface area contributed by atoms with Gasteiger partial charge in [0, 0.05) is 12.4 Å². The van der Waals surface area contributed by atoms with Gasteiger partial charge in [-0.1, -0.05) is 13.3 Å². The number of hydrogen-bond acceptors (Lipinski definition) is 5. The molecule has 100 valence electrons. The molecule has 0 spiro atoms. The zero-order valence-electron chi connectivity index (χ0n) is 11.0. The summed E-state index contributed by atoms with van der Waals surface area (Å²) in [5, 5.41) is 0. The lowest BCUT2D eigenvalue weighted by atomic mass is 10.2. The molecule has 2 aromatic rings. The van der Waals surface area contributed by atoms with Crippen molar-refractivity contribution < 1.29 is 13.9 Å². The van der Waals surface area contributed by atoms with Crippen molar-refractivity contribution >= 4 is 5.97 Å². The van der Waals surface area contributed by atoms with Crippen LogP contribution in [0.3, 0.4) is 0 Å². The molecule has 0 unspecified atom stereocenters. The van der Waals surface area contributed by atoms with E-state index in [2.05, 4.69) is 16.9 Å². The van der Waals surface area contributed by atoms with Crippen molar-refractivity contribution in [3.63, 3.8) is 0 Å². The third-order valence-electron chi connectivity index (χ3n) is 2.55. The molecule has 0 aromatic carbocycles. The summed E-state index contributed by atoms with van der Waals surface area (Å²) in [6, 6.07) is 1.67. The normalized spacial score (nSPS) is 10.4. The lowest BCUT2D eigenvalue weighted by molar-refractivity contribution is 0.0526. The van der Waals surface area contributed by atoms with E-state index < -0.39 is 5.97 Å². The van der Waals surface area contributed by atoms with Gasteiger partial charge in [0.25, 0.3) is 0 Å². The van der Waals surface area contributed by atoms with Gasteiger partial charge in [0.05, 0.1) is 23.4 Å². The van der Waals surface area contributed by atoms with E-state index in [1.807, 2.05) is 0 Å². The monoisotopic (exact) mass is 260 g/mol. The number of carbonyl (C=O) groups is 1. The Morgan fingerprint density at radius 1 is 1.37 bits per heavy atom. The highest BCUT2D eigenvalue weighted by Crippen LogP contribution is 2.19. The van der Waals surface area contributed by atoms with Crippen molar-refractivity contribution in [3.8, 4) is 11.5 Å². The molecule has 0 radical (unpaired) electrons. The first-order chi connectivity index (χ1) is 9.24. The largest absolute Gasteiger partial charge is 0.462 e. The van der Waals surface area contributed by atoms with Crippen molar-refractivity contribution in [1.82, 2.24) is 9.97 Å². The van der Waals surface area contributed by atoms with Gasteiger partial charge < -0.3 is 9.15 Å². The predicted octanol–water partition coefficient (Wildman–Crippen LogP) is 2.87. The Bertz CT molecular complexity index is 563. The number of aryl methyl sites for hydroxylation is 1. The second-order valence-corrected chi connectivity index (χ2v) is 4.08. The highest BCUT2D eigenvalue weighted by molar-refractivity contribution is 5.90. The SMILES string of the molecule is CCCc1coc(-c2cncc(C(=O)OCC)c2)n1. The van der Waals surface area contributed by atoms with E-state index in [1.165, 1.54) is 6.20 Å². The second-order valence-electron chi connectivity index (χ2n) is 4.08. The number of pyridine rings is 1. The van der Waals surface area contributed by atoms with Gasteiger partial charge in [-0.25, -0.2) is 9.78 Å².